The molecule has 0 saturated heterocycles. The SMILES string of the molecule is c1ccc(-c2ccccc2-c2cc(-c3cccc4c3oc3ccccc34)cc(-n3c4c(c5ccccc53)-c3oc5ccccc5c3CC4)c2)cc1. The molecule has 3 heterocycles. The average molecular weight is 654 g/mol. The van der Waals surface area contributed by atoms with Gasteiger partial charge in [-0.05, 0) is 77.1 Å². The standard InChI is InChI=1S/C48H31NO2/c1-2-13-30(14-3-1)34-15-4-5-16-35(34)31-27-32(36-20-12-21-39-37-17-7-10-23-44(37)50-47(36)39)29-33(28-31)49-42-22-9-6-19-41(42)46-43(49)26-25-40-38-18-8-11-24-45(38)51-48(40)46/h1-24,27-29H,25-26H2. The minimum absolute atomic E-state index is 0.901. The monoisotopic (exact) mass is 653 g/mol. The lowest BCUT2D eigenvalue weighted by Gasteiger charge is -2.19. The molecule has 1 aliphatic rings. The van der Waals surface area contributed by atoms with Gasteiger partial charge in [0.05, 0.1) is 5.52 Å². The predicted octanol–water partition coefficient (Wildman–Crippen LogP) is 13.0. The lowest BCUT2D eigenvalue weighted by atomic mass is 9.91. The van der Waals surface area contributed by atoms with E-state index in [0.717, 1.165) is 68.5 Å². The molecule has 0 aliphatic heterocycles. The Kier molecular flexibility index (Phi) is 6.08. The molecule has 0 radical (unpaired) electrons. The van der Waals surface area contributed by atoms with Crippen LogP contribution in [0.1, 0.15) is 11.3 Å². The molecule has 0 amide bonds. The van der Waals surface area contributed by atoms with E-state index < -0.39 is 0 Å². The number of para-hydroxylation sites is 4. The highest BCUT2D eigenvalue weighted by Crippen LogP contribution is 2.47. The van der Waals surface area contributed by atoms with Gasteiger partial charge in [0.15, 0.2) is 0 Å². The Labute approximate surface area is 294 Å². The fourth-order valence-electron chi connectivity index (χ4n) is 8.50. The fourth-order valence-corrected chi connectivity index (χ4v) is 8.50. The van der Waals surface area contributed by atoms with Crippen molar-refractivity contribution < 1.29 is 8.83 Å². The molecule has 3 heteroatoms. The van der Waals surface area contributed by atoms with E-state index in [1.807, 2.05) is 6.07 Å². The number of fused-ring (bicyclic) bond motifs is 10. The number of benzene rings is 7. The Morgan fingerprint density at radius 1 is 0.431 bits per heavy atom. The van der Waals surface area contributed by atoms with E-state index in [9.17, 15) is 0 Å². The smallest absolute Gasteiger partial charge is 0.143 e. The van der Waals surface area contributed by atoms with Crippen molar-refractivity contribution in [2.24, 2.45) is 0 Å². The molecular weight excluding hydrogens is 623 g/mol. The van der Waals surface area contributed by atoms with Crippen LogP contribution < -0.4 is 0 Å². The summed E-state index contributed by atoms with van der Waals surface area (Å²) in [7, 11) is 0. The van der Waals surface area contributed by atoms with E-state index in [1.165, 1.54) is 49.8 Å². The minimum Gasteiger partial charge on any atom is -0.456 e. The van der Waals surface area contributed by atoms with Crippen LogP contribution in [0, 0.1) is 0 Å². The van der Waals surface area contributed by atoms with Crippen LogP contribution in [-0.4, -0.2) is 4.57 Å². The number of aromatic nitrogens is 1. The largest absolute Gasteiger partial charge is 0.456 e. The summed E-state index contributed by atoms with van der Waals surface area (Å²) in [6.45, 7) is 0. The molecule has 240 valence electrons. The maximum atomic E-state index is 6.68. The van der Waals surface area contributed by atoms with Crippen LogP contribution in [0.15, 0.2) is 173 Å². The van der Waals surface area contributed by atoms with Crippen LogP contribution in [0.3, 0.4) is 0 Å². The first-order valence-corrected chi connectivity index (χ1v) is 17.6. The Balaban J connectivity index is 1.22. The van der Waals surface area contributed by atoms with E-state index >= 15 is 0 Å². The molecule has 0 saturated carbocycles. The second-order valence-corrected chi connectivity index (χ2v) is 13.5. The van der Waals surface area contributed by atoms with Crippen LogP contribution in [0.25, 0.3) is 94.2 Å². The molecule has 0 fully saturated rings. The average Bonchev–Trinajstić information content (AvgIpc) is 3.87. The molecule has 0 bridgehead atoms. The van der Waals surface area contributed by atoms with Gasteiger partial charge in [-0.15, -0.1) is 0 Å². The van der Waals surface area contributed by atoms with Gasteiger partial charge in [0.2, 0.25) is 0 Å². The van der Waals surface area contributed by atoms with Crippen LogP contribution in [0.4, 0.5) is 0 Å². The zero-order valence-electron chi connectivity index (χ0n) is 27.8. The lowest BCUT2D eigenvalue weighted by molar-refractivity contribution is 0.620. The van der Waals surface area contributed by atoms with Crippen LogP contribution in [0.5, 0.6) is 0 Å². The van der Waals surface area contributed by atoms with Gasteiger partial charge in [0.1, 0.15) is 22.5 Å². The van der Waals surface area contributed by atoms with E-state index in [2.05, 4.69) is 162 Å². The van der Waals surface area contributed by atoms with Crippen molar-refractivity contribution in [1.82, 2.24) is 4.57 Å². The maximum Gasteiger partial charge on any atom is 0.143 e. The molecule has 0 N–H and O–H groups in total. The summed E-state index contributed by atoms with van der Waals surface area (Å²) < 4.78 is 15.8. The highest BCUT2D eigenvalue weighted by Gasteiger charge is 2.30. The summed E-state index contributed by atoms with van der Waals surface area (Å²) >= 11 is 0. The van der Waals surface area contributed by atoms with Gasteiger partial charge in [-0.2, -0.15) is 0 Å². The molecule has 7 aromatic carbocycles. The quantitative estimate of drug-likeness (QED) is 0.189. The summed E-state index contributed by atoms with van der Waals surface area (Å²) in [5.41, 5.74) is 15.8. The second kappa shape index (κ2) is 11.0. The van der Waals surface area contributed by atoms with E-state index in [1.54, 1.807) is 0 Å². The van der Waals surface area contributed by atoms with Crippen molar-refractivity contribution in [3.05, 3.63) is 175 Å². The summed E-state index contributed by atoms with van der Waals surface area (Å²) in [6, 6.07) is 58.6. The summed E-state index contributed by atoms with van der Waals surface area (Å²) in [4.78, 5) is 0. The molecular formula is C48H31NO2. The third-order valence-electron chi connectivity index (χ3n) is 10.7. The molecule has 0 spiro atoms. The predicted molar refractivity (Wildman–Crippen MR) is 209 cm³/mol. The van der Waals surface area contributed by atoms with Crippen LogP contribution in [-0.2, 0) is 12.8 Å². The Bertz CT molecular complexity index is 2970. The van der Waals surface area contributed by atoms with Gasteiger partial charge in [0, 0.05) is 49.6 Å². The minimum atomic E-state index is 0.901. The number of aryl methyl sites for hydroxylation is 1. The van der Waals surface area contributed by atoms with E-state index in [-0.39, 0.29) is 0 Å². The van der Waals surface area contributed by atoms with Gasteiger partial charge in [0.25, 0.3) is 0 Å². The number of rotatable bonds is 4. The molecule has 0 atom stereocenters. The van der Waals surface area contributed by atoms with Gasteiger partial charge in [-0.25, -0.2) is 0 Å². The normalized spacial score (nSPS) is 12.5. The van der Waals surface area contributed by atoms with Crippen molar-refractivity contribution in [2.75, 3.05) is 0 Å². The third kappa shape index (κ3) is 4.25. The second-order valence-electron chi connectivity index (χ2n) is 13.5. The lowest BCUT2D eigenvalue weighted by Crippen LogP contribution is -2.07. The van der Waals surface area contributed by atoms with Crippen molar-refractivity contribution in [1.29, 1.82) is 0 Å². The summed E-state index contributed by atoms with van der Waals surface area (Å²) in [5.74, 6) is 1.00. The first kappa shape index (κ1) is 28.3. The maximum absolute atomic E-state index is 6.68. The highest BCUT2D eigenvalue weighted by atomic mass is 16.3. The summed E-state index contributed by atoms with van der Waals surface area (Å²) in [6.07, 6.45) is 1.84. The number of nitrogens with zero attached hydrogens (tertiary/aromatic N) is 1. The number of hydrogen-bond donors (Lipinski definition) is 0. The summed E-state index contributed by atoms with van der Waals surface area (Å²) in [5, 5.41) is 4.69. The molecule has 11 rings (SSSR count). The topological polar surface area (TPSA) is 31.2 Å². The molecule has 51 heavy (non-hydrogen) atoms. The van der Waals surface area contributed by atoms with Gasteiger partial charge >= 0.3 is 0 Å². The van der Waals surface area contributed by atoms with Crippen molar-refractivity contribution >= 4 is 43.8 Å². The Morgan fingerprint density at radius 2 is 1.04 bits per heavy atom. The molecule has 1 aliphatic carbocycles. The molecule has 3 nitrogen and oxygen atoms in total. The molecule has 10 aromatic rings. The molecule has 3 aromatic heterocycles. The first-order valence-electron chi connectivity index (χ1n) is 17.6. The third-order valence-corrected chi connectivity index (χ3v) is 10.7. The van der Waals surface area contributed by atoms with Gasteiger partial charge < -0.3 is 13.4 Å². The first-order chi connectivity index (χ1) is 25.3. The van der Waals surface area contributed by atoms with Gasteiger partial charge in [-0.1, -0.05) is 127 Å². The fraction of sp³-hybridized carbons (Fsp3) is 0.0417. The van der Waals surface area contributed by atoms with Crippen LogP contribution >= 0.6 is 0 Å². The van der Waals surface area contributed by atoms with Crippen LogP contribution in [0.2, 0.25) is 0 Å². The van der Waals surface area contributed by atoms with E-state index in [4.69, 9.17) is 8.83 Å². The number of hydrogen-bond acceptors (Lipinski definition) is 2. The Hall–Kier alpha value is -6.58. The number of furan rings is 2. The van der Waals surface area contributed by atoms with Crippen molar-refractivity contribution in [3.8, 4) is 50.4 Å². The highest BCUT2D eigenvalue weighted by molar-refractivity contribution is 6.10. The Morgan fingerprint density at radius 3 is 1.86 bits per heavy atom. The van der Waals surface area contributed by atoms with Crippen molar-refractivity contribution in [3.63, 3.8) is 0 Å². The molecule has 0 unspecified atom stereocenters. The zero-order chi connectivity index (χ0) is 33.5. The van der Waals surface area contributed by atoms with Gasteiger partial charge in [-0.3, -0.25) is 0 Å². The zero-order valence-corrected chi connectivity index (χ0v) is 27.8. The van der Waals surface area contributed by atoms with Crippen molar-refractivity contribution in [2.45, 2.75) is 12.8 Å². The van der Waals surface area contributed by atoms with E-state index in [0.29, 0.717) is 0 Å².